The SMILES string of the molecule is CC(C)(C)OC(=O)N1CC(=O)c2c([nH]c(C3=C(F)C=NCC3)c2NC2=C=C=CC=C2)C1. The highest BCUT2D eigenvalue weighted by Crippen LogP contribution is 2.38. The first-order valence-corrected chi connectivity index (χ1v) is 10.0. The number of aliphatic imine (C=N–C) groups is 1. The van der Waals surface area contributed by atoms with Gasteiger partial charge >= 0.3 is 6.09 Å². The summed E-state index contributed by atoms with van der Waals surface area (Å²) < 4.78 is 20.0. The number of ether oxygens (including phenoxy) is 1. The lowest BCUT2D eigenvalue weighted by Crippen LogP contribution is -2.42. The summed E-state index contributed by atoms with van der Waals surface area (Å²) in [5.74, 6) is -0.713. The van der Waals surface area contributed by atoms with Crippen molar-refractivity contribution in [1.82, 2.24) is 9.88 Å². The number of fused-ring (bicyclic) bond motifs is 1. The molecule has 1 amide bonds. The number of Topliss-reactive ketones (excluding diaryl/α,β-unsaturated/α-hetero) is 1. The molecule has 0 bridgehead atoms. The Morgan fingerprint density at radius 1 is 1.35 bits per heavy atom. The fraction of sp³-hybridized carbons (Fsp3) is 0.348. The molecular formula is C23H23FN4O3. The number of halogens is 1. The zero-order chi connectivity index (χ0) is 22.2. The summed E-state index contributed by atoms with van der Waals surface area (Å²) in [4.78, 5) is 34.1. The molecule has 160 valence electrons. The highest BCUT2D eigenvalue weighted by molar-refractivity contribution is 6.08. The normalized spacial score (nSPS) is 17.7. The Balaban J connectivity index is 1.77. The van der Waals surface area contributed by atoms with Crippen molar-refractivity contribution in [1.29, 1.82) is 0 Å². The number of allylic oxidation sites excluding steroid dienone is 4. The van der Waals surface area contributed by atoms with Gasteiger partial charge in [-0.25, -0.2) is 9.18 Å². The van der Waals surface area contributed by atoms with Crippen molar-refractivity contribution < 1.29 is 18.7 Å². The van der Waals surface area contributed by atoms with E-state index in [0.717, 1.165) is 0 Å². The van der Waals surface area contributed by atoms with E-state index in [1.807, 2.05) is 0 Å². The minimum atomic E-state index is -0.678. The summed E-state index contributed by atoms with van der Waals surface area (Å²) in [5.41, 5.74) is 8.04. The van der Waals surface area contributed by atoms with Gasteiger partial charge in [0.2, 0.25) is 0 Å². The van der Waals surface area contributed by atoms with Gasteiger partial charge in [0.1, 0.15) is 11.4 Å². The third-order valence-electron chi connectivity index (χ3n) is 4.89. The van der Waals surface area contributed by atoms with Crippen LogP contribution in [0.4, 0.5) is 14.9 Å². The first kappa shape index (κ1) is 20.7. The van der Waals surface area contributed by atoms with Crippen LogP contribution < -0.4 is 5.32 Å². The van der Waals surface area contributed by atoms with Crippen molar-refractivity contribution >= 4 is 29.4 Å². The Bertz CT molecular complexity index is 1150. The van der Waals surface area contributed by atoms with Crippen LogP contribution in [0.3, 0.4) is 0 Å². The quantitative estimate of drug-likeness (QED) is 0.712. The number of carbonyl (C=O) groups excluding carboxylic acids is 2. The maximum Gasteiger partial charge on any atom is 0.411 e. The smallest absolute Gasteiger partial charge is 0.411 e. The van der Waals surface area contributed by atoms with Crippen molar-refractivity contribution in [3.63, 3.8) is 0 Å². The average molecular weight is 422 g/mol. The Labute approximate surface area is 179 Å². The lowest BCUT2D eigenvalue weighted by Gasteiger charge is -2.29. The monoisotopic (exact) mass is 422 g/mol. The zero-order valence-corrected chi connectivity index (χ0v) is 17.6. The molecule has 7 nitrogen and oxygen atoms in total. The van der Waals surface area contributed by atoms with Gasteiger partial charge in [0, 0.05) is 17.8 Å². The maximum atomic E-state index is 14.6. The summed E-state index contributed by atoms with van der Waals surface area (Å²) in [6.45, 7) is 5.78. The van der Waals surface area contributed by atoms with E-state index in [9.17, 15) is 14.0 Å². The van der Waals surface area contributed by atoms with Crippen LogP contribution >= 0.6 is 0 Å². The topological polar surface area (TPSA) is 86.8 Å². The van der Waals surface area contributed by atoms with Gasteiger partial charge in [-0.05, 0) is 45.1 Å². The third-order valence-corrected chi connectivity index (χ3v) is 4.89. The standard InChI is InChI=1S/C23H23FN4O3/c1-23(2,3)31-22(30)28-12-17-19(18(29)13-28)21(26-14-7-5-4-6-8-14)20(27-17)15-9-10-25-11-16(15)24/h4-5,7,11,26-27H,9-10,12-13H2,1-3H3. The predicted molar refractivity (Wildman–Crippen MR) is 116 cm³/mol. The number of dihydropyridines is 1. The molecule has 2 aliphatic heterocycles. The fourth-order valence-electron chi connectivity index (χ4n) is 3.61. The number of nitrogens with zero attached hydrogens (tertiary/aromatic N) is 2. The van der Waals surface area contributed by atoms with E-state index >= 15 is 0 Å². The Kier molecular flexibility index (Phi) is 5.27. The molecule has 4 rings (SSSR count). The molecule has 0 spiro atoms. The first-order chi connectivity index (χ1) is 14.7. The molecule has 0 saturated carbocycles. The molecule has 1 aromatic heterocycles. The molecule has 0 radical (unpaired) electrons. The van der Waals surface area contributed by atoms with Crippen molar-refractivity contribution in [2.24, 2.45) is 4.99 Å². The molecule has 1 aliphatic carbocycles. The number of ketones is 1. The predicted octanol–water partition coefficient (Wildman–Crippen LogP) is 4.28. The Morgan fingerprint density at radius 3 is 2.84 bits per heavy atom. The number of rotatable bonds is 3. The van der Waals surface area contributed by atoms with Gasteiger partial charge in [-0.1, -0.05) is 11.8 Å². The van der Waals surface area contributed by atoms with E-state index in [1.54, 1.807) is 39.0 Å². The van der Waals surface area contributed by atoms with Crippen LogP contribution in [0, 0.1) is 0 Å². The molecule has 8 heteroatoms. The number of carbonyl (C=O) groups is 2. The van der Waals surface area contributed by atoms with Gasteiger partial charge in [0.25, 0.3) is 0 Å². The van der Waals surface area contributed by atoms with Crippen molar-refractivity contribution in [3.8, 4) is 0 Å². The summed E-state index contributed by atoms with van der Waals surface area (Å²) in [6, 6.07) is 0. The van der Waals surface area contributed by atoms with Crippen LogP contribution in [0.5, 0.6) is 0 Å². The molecular weight excluding hydrogens is 399 g/mol. The number of hydrogen-bond acceptors (Lipinski definition) is 5. The van der Waals surface area contributed by atoms with E-state index in [1.165, 1.54) is 11.1 Å². The molecule has 31 heavy (non-hydrogen) atoms. The molecule has 0 fully saturated rings. The minimum absolute atomic E-state index is 0.124. The van der Waals surface area contributed by atoms with Crippen LogP contribution in [0.1, 0.15) is 48.9 Å². The Morgan fingerprint density at radius 2 is 2.16 bits per heavy atom. The van der Waals surface area contributed by atoms with E-state index in [-0.39, 0.29) is 18.9 Å². The van der Waals surface area contributed by atoms with Crippen LogP contribution in [0.2, 0.25) is 0 Å². The number of amides is 1. The van der Waals surface area contributed by atoms with E-state index in [0.29, 0.717) is 46.9 Å². The van der Waals surface area contributed by atoms with Crippen LogP contribution in [0.15, 0.2) is 46.2 Å². The van der Waals surface area contributed by atoms with Gasteiger partial charge in [-0.15, -0.1) is 0 Å². The molecule has 0 saturated heterocycles. The number of aromatic nitrogens is 1. The Hall–Kier alpha value is -3.60. The molecule has 0 unspecified atom stereocenters. The van der Waals surface area contributed by atoms with Crippen LogP contribution in [-0.2, 0) is 11.3 Å². The fourth-order valence-corrected chi connectivity index (χ4v) is 3.61. The van der Waals surface area contributed by atoms with Gasteiger partial charge in [0.15, 0.2) is 5.78 Å². The van der Waals surface area contributed by atoms with Gasteiger partial charge in [-0.3, -0.25) is 14.7 Å². The molecule has 3 heterocycles. The highest BCUT2D eigenvalue weighted by atomic mass is 19.1. The maximum absolute atomic E-state index is 14.6. The summed E-state index contributed by atoms with van der Waals surface area (Å²) in [5, 5.41) is 3.19. The van der Waals surface area contributed by atoms with Gasteiger partial charge in [-0.2, -0.15) is 0 Å². The van der Waals surface area contributed by atoms with Crippen molar-refractivity contribution in [3.05, 3.63) is 58.2 Å². The summed E-state index contributed by atoms with van der Waals surface area (Å²) in [6.07, 6.45) is 6.30. The van der Waals surface area contributed by atoms with Crippen molar-refractivity contribution in [2.45, 2.75) is 39.3 Å². The van der Waals surface area contributed by atoms with Crippen LogP contribution in [-0.4, -0.2) is 46.7 Å². The van der Waals surface area contributed by atoms with E-state index < -0.39 is 17.5 Å². The second kappa shape index (κ2) is 7.91. The second-order valence-corrected chi connectivity index (χ2v) is 8.43. The number of H-pyrrole nitrogens is 1. The number of aromatic amines is 1. The second-order valence-electron chi connectivity index (χ2n) is 8.43. The molecule has 3 aliphatic rings. The van der Waals surface area contributed by atoms with Crippen LogP contribution in [0.25, 0.3) is 5.57 Å². The van der Waals surface area contributed by atoms with Crippen molar-refractivity contribution in [2.75, 3.05) is 18.4 Å². The average Bonchev–Trinajstić information content (AvgIpc) is 3.06. The lowest BCUT2D eigenvalue weighted by molar-refractivity contribution is 0.0218. The van der Waals surface area contributed by atoms with E-state index in [4.69, 9.17) is 4.74 Å². The zero-order valence-electron chi connectivity index (χ0n) is 17.6. The van der Waals surface area contributed by atoms with Gasteiger partial charge in [0.05, 0.1) is 41.9 Å². The largest absolute Gasteiger partial charge is 0.444 e. The molecule has 0 atom stereocenters. The minimum Gasteiger partial charge on any atom is -0.444 e. The third kappa shape index (κ3) is 4.31. The molecule has 0 aromatic carbocycles. The highest BCUT2D eigenvalue weighted by Gasteiger charge is 2.35. The molecule has 1 aromatic rings. The number of hydrogen-bond donors (Lipinski definition) is 2. The lowest BCUT2D eigenvalue weighted by atomic mass is 10.00. The summed E-state index contributed by atoms with van der Waals surface area (Å²) in [7, 11) is 0. The summed E-state index contributed by atoms with van der Waals surface area (Å²) >= 11 is 0. The first-order valence-electron chi connectivity index (χ1n) is 10.0. The number of anilines is 1. The van der Waals surface area contributed by atoms with E-state index in [2.05, 4.69) is 26.8 Å². The number of nitrogens with one attached hydrogen (secondary N) is 2. The van der Waals surface area contributed by atoms with Gasteiger partial charge < -0.3 is 15.0 Å². The molecule has 2 N–H and O–H groups in total.